The molecule has 2 aromatic heterocycles. The lowest BCUT2D eigenvalue weighted by Crippen LogP contribution is -2.06. The Kier molecular flexibility index (Phi) is 3.70. The normalized spacial score (nSPS) is 10.8. The van der Waals surface area contributed by atoms with Crippen molar-refractivity contribution in [3.8, 4) is 11.3 Å². The molecule has 0 fully saturated rings. The highest BCUT2D eigenvalue weighted by molar-refractivity contribution is 9.10. The minimum atomic E-state index is -0.385. The van der Waals surface area contributed by atoms with Gasteiger partial charge in [0, 0.05) is 28.6 Å². The Balaban J connectivity index is 2.02. The predicted octanol–water partition coefficient (Wildman–Crippen LogP) is 3.34. The molecule has 0 radical (unpaired) electrons. The number of benzene rings is 1. The minimum Gasteiger partial charge on any atom is -0.462 e. The molecule has 3 rings (SSSR count). The SMILES string of the molecule is CCOC(=O)c1cnc2nc(-c3cccc(Br)c3)cn2c1. The third-order valence-electron chi connectivity index (χ3n) is 2.94. The Labute approximate surface area is 129 Å². The molecule has 0 atom stereocenters. The molecule has 0 spiro atoms. The molecule has 3 aromatic rings. The van der Waals surface area contributed by atoms with E-state index in [-0.39, 0.29) is 5.97 Å². The first-order valence-electron chi connectivity index (χ1n) is 6.45. The lowest BCUT2D eigenvalue weighted by Gasteiger charge is -2.00. The molecule has 0 saturated carbocycles. The maximum atomic E-state index is 11.7. The number of imidazole rings is 1. The van der Waals surface area contributed by atoms with Crippen LogP contribution in [-0.4, -0.2) is 26.9 Å². The van der Waals surface area contributed by atoms with Crippen molar-refractivity contribution in [1.29, 1.82) is 0 Å². The number of nitrogens with zero attached hydrogens (tertiary/aromatic N) is 3. The van der Waals surface area contributed by atoms with Crippen molar-refractivity contribution < 1.29 is 9.53 Å². The van der Waals surface area contributed by atoms with E-state index >= 15 is 0 Å². The number of carbonyl (C=O) groups excluding carboxylic acids is 1. The highest BCUT2D eigenvalue weighted by atomic mass is 79.9. The summed E-state index contributed by atoms with van der Waals surface area (Å²) in [5.41, 5.74) is 2.18. The summed E-state index contributed by atoms with van der Waals surface area (Å²) >= 11 is 3.44. The predicted molar refractivity (Wildman–Crippen MR) is 82.1 cm³/mol. The fourth-order valence-corrected chi connectivity index (χ4v) is 2.39. The summed E-state index contributed by atoms with van der Waals surface area (Å²) in [4.78, 5) is 20.3. The molecular weight excluding hydrogens is 334 g/mol. The second kappa shape index (κ2) is 5.65. The van der Waals surface area contributed by atoms with Gasteiger partial charge in [0.05, 0.1) is 17.9 Å². The first-order valence-corrected chi connectivity index (χ1v) is 7.24. The van der Waals surface area contributed by atoms with Crippen LogP contribution in [0, 0.1) is 0 Å². The largest absolute Gasteiger partial charge is 0.462 e. The zero-order valence-corrected chi connectivity index (χ0v) is 12.9. The monoisotopic (exact) mass is 345 g/mol. The smallest absolute Gasteiger partial charge is 0.341 e. The summed E-state index contributed by atoms with van der Waals surface area (Å²) in [6.45, 7) is 2.11. The van der Waals surface area contributed by atoms with E-state index in [1.165, 1.54) is 6.20 Å². The lowest BCUT2D eigenvalue weighted by molar-refractivity contribution is 0.0525. The van der Waals surface area contributed by atoms with Gasteiger partial charge in [0.15, 0.2) is 0 Å². The van der Waals surface area contributed by atoms with E-state index < -0.39 is 0 Å². The van der Waals surface area contributed by atoms with Crippen LogP contribution in [0.2, 0.25) is 0 Å². The third-order valence-corrected chi connectivity index (χ3v) is 3.43. The van der Waals surface area contributed by atoms with Crippen LogP contribution in [0.3, 0.4) is 0 Å². The lowest BCUT2D eigenvalue weighted by atomic mass is 10.2. The third kappa shape index (κ3) is 2.80. The van der Waals surface area contributed by atoms with Gasteiger partial charge in [0.2, 0.25) is 5.78 Å². The highest BCUT2D eigenvalue weighted by Crippen LogP contribution is 2.22. The Bertz CT molecular complexity index is 814. The number of halogens is 1. The quantitative estimate of drug-likeness (QED) is 0.683. The average Bonchev–Trinajstić information content (AvgIpc) is 2.90. The highest BCUT2D eigenvalue weighted by Gasteiger charge is 2.11. The van der Waals surface area contributed by atoms with Crippen LogP contribution in [0.4, 0.5) is 0 Å². The van der Waals surface area contributed by atoms with Gasteiger partial charge < -0.3 is 4.74 Å². The van der Waals surface area contributed by atoms with Crippen molar-refractivity contribution in [2.24, 2.45) is 0 Å². The van der Waals surface area contributed by atoms with Crippen molar-refractivity contribution in [1.82, 2.24) is 14.4 Å². The topological polar surface area (TPSA) is 56.5 Å². The molecule has 0 amide bonds. The molecule has 106 valence electrons. The van der Waals surface area contributed by atoms with Crippen molar-refractivity contribution in [3.63, 3.8) is 0 Å². The van der Waals surface area contributed by atoms with Crippen LogP contribution in [0.1, 0.15) is 17.3 Å². The summed E-state index contributed by atoms with van der Waals surface area (Å²) in [5.74, 6) is 0.155. The van der Waals surface area contributed by atoms with Crippen molar-refractivity contribution in [3.05, 3.63) is 52.9 Å². The van der Waals surface area contributed by atoms with Gasteiger partial charge in [-0.05, 0) is 19.1 Å². The van der Waals surface area contributed by atoms with E-state index in [1.54, 1.807) is 17.5 Å². The Hall–Kier alpha value is -2.21. The van der Waals surface area contributed by atoms with Gasteiger partial charge in [-0.15, -0.1) is 0 Å². The Morgan fingerprint density at radius 3 is 3.00 bits per heavy atom. The van der Waals surface area contributed by atoms with Crippen LogP contribution < -0.4 is 0 Å². The van der Waals surface area contributed by atoms with Crippen LogP contribution in [0.15, 0.2) is 47.3 Å². The van der Waals surface area contributed by atoms with Gasteiger partial charge in [-0.3, -0.25) is 4.40 Å². The number of aromatic nitrogens is 3. The number of esters is 1. The van der Waals surface area contributed by atoms with Gasteiger partial charge in [-0.2, -0.15) is 0 Å². The fraction of sp³-hybridized carbons (Fsp3) is 0.133. The Morgan fingerprint density at radius 2 is 2.24 bits per heavy atom. The number of ether oxygens (including phenoxy) is 1. The average molecular weight is 346 g/mol. The molecule has 0 bridgehead atoms. The maximum absolute atomic E-state index is 11.7. The maximum Gasteiger partial charge on any atom is 0.341 e. The molecule has 6 heteroatoms. The van der Waals surface area contributed by atoms with Crippen LogP contribution in [0.25, 0.3) is 17.0 Å². The molecule has 0 aliphatic rings. The van der Waals surface area contributed by atoms with E-state index in [2.05, 4.69) is 25.9 Å². The number of fused-ring (bicyclic) bond motifs is 1. The van der Waals surface area contributed by atoms with E-state index in [1.807, 2.05) is 30.5 Å². The summed E-state index contributed by atoms with van der Waals surface area (Å²) < 4.78 is 7.67. The van der Waals surface area contributed by atoms with Gasteiger partial charge >= 0.3 is 5.97 Å². The van der Waals surface area contributed by atoms with Crippen LogP contribution in [0.5, 0.6) is 0 Å². The Morgan fingerprint density at radius 1 is 1.38 bits per heavy atom. The zero-order valence-electron chi connectivity index (χ0n) is 11.3. The number of hydrogen-bond donors (Lipinski definition) is 0. The van der Waals surface area contributed by atoms with Crippen LogP contribution in [-0.2, 0) is 4.74 Å². The van der Waals surface area contributed by atoms with Gasteiger partial charge in [0.1, 0.15) is 0 Å². The number of rotatable bonds is 3. The molecule has 0 unspecified atom stereocenters. The zero-order chi connectivity index (χ0) is 14.8. The van der Waals surface area contributed by atoms with Crippen molar-refractivity contribution in [2.75, 3.05) is 6.61 Å². The van der Waals surface area contributed by atoms with E-state index in [9.17, 15) is 4.79 Å². The molecule has 5 nitrogen and oxygen atoms in total. The van der Waals surface area contributed by atoms with Crippen molar-refractivity contribution in [2.45, 2.75) is 6.92 Å². The van der Waals surface area contributed by atoms with E-state index in [4.69, 9.17) is 4.74 Å². The van der Waals surface area contributed by atoms with Gasteiger partial charge in [-0.25, -0.2) is 14.8 Å². The summed E-state index contributed by atoms with van der Waals surface area (Å²) in [5, 5.41) is 0. The molecule has 0 N–H and O–H groups in total. The van der Waals surface area contributed by atoms with Crippen LogP contribution >= 0.6 is 15.9 Å². The van der Waals surface area contributed by atoms with Crippen molar-refractivity contribution >= 4 is 27.7 Å². The summed E-state index contributed by atoms with van der Waals surface area (Å²) in [6, 6.07) is 7.85. The number of carbonyl (C=O) groups is 1. The minimum absolute atomic E-state index is 0.337. The van der Waals surface area contributed by atoms with Gasteiger partial charge in [-0.1, -0.05) is 28.1 Å². The fourth-order valence-electron chi connectivity index (χ4n) is 1.99. The molecular formula is C15H12BrN3O2. The standard InChI is InChI=1S/C15H12BrN3O2/c1-2-21-14(20)11-7-17-15-18-13(9-19(15)8-11)10-4-3-5-12(16)6-10/h3-9H,2H2,1H3. The number of hydrogen-bond acceptors (Lipinski definition) is 4. The molecule has 0 aliphatic carbocycles. The molecule has 1 aromatic carbocycles. The summed E-state index contributed by atoms with van der Waals surface area (Å²) in [7, 11) is 0. The second-order valence-corrected chi connectivity index (χ2v) is 5.32. The molecule has 2 heterocycles. The molecule has 0 saturated heterocycles. The summed E-state index contributed by atoms with van der Waals surface area (Å²) in [6.07, 6.45) is 4.99. The molecule has 0 aliphatic heterocycles. The van der Waals surface area contributed by atoms with E-state index in [0.717, 1.165) is 15.7 Å². The molecule has 21 heavy (non-hydrogen) atoms. The van der Waals surface area contributed by atoms with E-state index in [0.29, 0.717) is 17.9 Å². The first-order chi connectivity index (χ1) is 10.2. The second-order valence-electron chi connectivity index (χ2n) is 4.41. The first kappa shape index (κ1) is 13.8. The van der Waals surface area contributed by atoms with Gasteiger partial charge in [0.25, 0.3) is 0 Å².